The Bertz CT molecular complexity index is 622. The van der Waals surface area contributed by atoms with Gasteiger partial charge in [-0.1, -0.05) is 17.7 Å². The summed E-state index contributed by atoms with van der Waals surface area (Å²) in [4.78, 5) is 20.3. The van der Waals surface area contributed by atoms with E-state index in [0.717, 1.165) is 25.9 Å². The highest BCUT2D eigenvalue weighted by Crippen LogP contribution is 2.20. The van der Waals surface area contributed by atoms with E-state index in [1.54, 1.807) is 26.1 Å². The fraction of sp³-hybridized carbons (Fsp3) is 0.600. The Labute approximate surface area is 185 Å². The standard InChI is InChI=1S/C20H33N5O2.HI/c1-16-7-9-18(10-8-16)25-12-5-6-17(15-25)23-20(21-11-13-27-4)22-14-19(26)24(2)3;/h7-10,17H,5-6,11-15H2,1-4H3,(H2,21,22,23);1H. The topological polar surface area (TPSA) is 69.2 Å². The molecule has 0 radical (unpaired) electrons. The minimum absolute atomic E-state index is 0. The fourth-order valence-electron chi connectivity index (χ4n) is 2.99. The Balaban J connectivity index is 0.00000392. The summed E-state index contributed by atoms with van der Waals surface area (Å²) in [5.41, 5.74) is 2.52. The molecule has 158 valence electrons. The lowest BCUT2D eigenvalue weighted by Crippen LogP contribution is -2.52. The van der Waals surface area contributed by atoms with Gasteiger partial charge in [0, 0.05) is 52.6 Å². The van der Waals surface area contributed by atoms with Crippen molar-refractivity contribution in [1.29, 1.82) is 0 Å². The van der Waals surface area contributed by atoms with E-state index in [2.05, 4.69) is 51.7 Å². The predicted octanol–water partition coefficient (Wildman–Crippen LogP) is 1.85. The first kappa shape index (κ1) is 24.5. The zero-order chi connectivity index (χ0) is 19.6. The second-order valence-corrected chi connectivity index (χ2v) is 7.14. The van der Waals surface area contributed by atoms with Crippen LogP contribution in [0.5, 0.6) is 0 Å². The van der Waals surface area contributed by atoms with Crippen LogP contribution in [0.15, 0.2) is 29.3 Å². The lowest BCUT2D eigenvalue weighted by Gasteiger charge is -2.35. The molecule has 1 unspecified atom stereocenters. The summed E-state index contributed by atoms with van der Waals surface area (Å²) in [6.45, 7) is 5.44. The van der Waals surface area contributed by atoms with Gasteiger partial charge in [-0.3, -0.25) is 4.79 Å². The van der Waals surface area contributed by atoms with Crippen LogP contribution in [-0.4, -0.2) is 76.8 Å². The second kappa shape index (κ2) is 12.8. The average Bonchev–Trinajstić information content (AvgIpc) is 2.66. The molecule has 8 heteroatoms. The Hall–Kier alpha value is -1.55. The van der Waals surface area contributed by atoms with E-state index in [-0.39, 0.29) is 42.5 Å². The highest BCUT2D eigenvalue weighted by Gasteiger charge is 2.21. The van der Waals surface area contributed by atoms with E-state index >= 15 is 0 Å². The maximum Gasteiger partial charge on any atom is 0.243 e. The molecule has 1 atom stereocenters. The first-order valence-corrected chi connectivity index (χ1v) is 9.55. The number of nitrogens with one attached hydrogen (secondary N) is 2. The van der Waals surface area contributed by atoms with Gasteiger partial charge in [0.2, 0.25) is 5.91 Å². The number of hydrogen-bond donors (Lipinski definition) is 2. The number of carbonyl (C=O) groups is 1. The highest BCUT2D eigenvalue weighted by molar-refractivity contribution is 14.0. The number of ether oxygens (including phenoxy) is 1. The molecule has 1 aliphatic rings. The number of hydrogen-bond acceptors (Lipinski definition) is 4. The lowest BCUT2D eigenvalue weighted by atomic mass is 10.0. The molecular formula is C20H34IN5O2. The molecule has 0 saturated carbocycles. The minimum atomic E-state index is -0.0206. The number of rotatable bonds is 7. The van der Waals surface area contributed by atoms with Crippen LogP contribution in [0, 0.1) is 6.92 Å². The van der Waals surface area contributed by atoms with Crippen LogP contribution >= 0.6 is 24.0 Å². The quantitative estimate of drug-likeness (QED) is 0.257. The third kappa shape index (κ3) is 8.22. The zero-order valence-electron chi connectivity index (χ0n) is 17.4. The number of benzene rings is 1. The van der Waals surface area contributed by atoms with Crippen LogP contribution in [0.3, 0.4) is 0 Å². The molecule has 0 spiro atoms. The molecule has 1 fully saturated rings. The lowest BCUT2D eigenvalue weighted by molar-refractivity contribution is -0.127. The van der Waals surface area contributed by atoms with E-state index in [9.17, 15) is 4.79 Å². The van der Waals surface area contributed by atoms with Gasteiger partial charge >= 0.3 is 0 Å². The number of aryl methyl sites for hydroxylation is 1. The third-order valence-electron chi connectivity index (χ3n) is 4.63. The van der Waals surface area contributed by atoms with E-state index in [0.29, 0.717) is 19.1 Å². The van der Waals surface area contributed by atoms with Crippen LogP contribution in [0.4, 0.5) is 5.69 Å². The van der Waals surface area contributed by atoms with Crippen molar-refractivity contribution in [2.24, 2.45) is 4.99 Å². The van der Waals surface area contributed by atoms with E-state index in [4.69, 9.17) is 4.74 Å². The number of methoxy groups -OCH3 is 1. The van der Waals surface area contributed by atoms with Crippen molar-refractivity contribution in [2.75, 3.05) is 58.9 Å². The molecule has 1 saturated heterocycles. The predicted molar refractivity (Wildman–Crippen MR) is 126 cm³/mol. The number of guanidine groups is 1. The molecular weight excluding hydrogens is 469 g/mol. The zero-order valence-corrected chi connectivity index (χ0v) is 19.7. The molecule has 1 aliphatic heterocycles. The third-order valence-corrected chi connectivity index (χ3v) is 4.63. The summed E-state index contributed by atoms with van der Waals surface area (Å²) in [6.07, 6.45) is 2.20. The Morgan fingerprint density at radius 2 is 2.04 bits per heavy atom. The van der Waals surface area contributed by atoms with E-state index in [1.807, 2.05) is 0 Å². The maximum atomic E-state index is 11.9. The van der Waals surface area contributed by atoms with Gasteiger partial charge in [0.05, 0.1) is 6.61 Å². The van der Waals surface area contributed by atoms with Gasteiger partial charge < -0.3 is 25.2 Å². The SMILES string of the molecule is COCCNC(=NCC(=O)N(C)C)NC1CCCN(c2ccc(C)cc2)C1.I. The summed E-state index contributed by atoms with van der Waals surface area (Å²) in [7, 11) is 5.15. The van der Waals surface area contributed by atoms with Gasteiger partial charge in [0.1, 0.15) is 6.54 Å². The molecule has 1 aromatic carbocycles. The minimum Gasteiger partial charge on any atom is -0.383 e. The van der Waals surface area contributed by atoms with E-state index < -0.39 is 0 Å². The smallest absolute Gasteiger partial charge is 0.243 e. The molecule has 28 heavy (non-hydrogen) atoms. The average molecular weight is 503 g/mol. The van der Waals surface area contributed by atoms with Crippen molar-refractivity contribution in [3.8, 4) is 0 Å². The number of aliphatic imine (C=N–C) groups is 1. The Morgan fingerprint density at radius 1 is 1.32 bits per heavy atom. The number of halogens is 1. The summed E-state index contributed by atoms with van der Waals surface area (Å²) in [5.74, 6) is 0.644. The molecule has 0 aliphatic carbocycles. The van der Waals surface area contributed by atoms with Crippen molar-refractivity contribution in [2.45, 2.75) is 25.8 Å². The van der Waals surface area contributed by atoms with Gasteiger partial charge in [0.15, 0.2) is 5.96 Å². The van der Waals surface area contributed by atoms with Gasteiger partial charge in [-0.15, -0.1) is 24.0 Å². The van der Waals surface area contributed by atoms with Crippen molar-refractivity contribution in [3.63, 3.8) is 0 Å². The maximum absolute atomic E-state index is 11.9. The van der Waals surface area contributed by atoms with Crippen LogP contribution < -0.4 is 15.5 Å². The molecule has 1 aromatic rings. The molecule has 7 nitrogen and oxygen atoms in total. The summed E-state index contributed by atoms with van der Waals surface area (Å²) >= 11 is 0. The Kier molecular flexibility index (Phi) is 11.2. The monoisotopic (exact) mass is 503 g/mol. The van der Waals surface area contributed by atoms with Crippen molar-refractivity contribution in [1.82, 2.24) is 15.5 Å². The number of piperidine rings is 1. The number of nitrogens with zero attached hydrogens (tertiary/aromatic N) is 3. The molecule has 0 aromatic heterocycles. The summed E-state index contributed by atoms with van der Waals surface area (Å²) in [6, 6.07) is 8.94. The first-order valence-electron chi connectivity index (χ1n) is 9.55. The molecule has 0 bridgehead atoms. The van der Waals surface area contributed by atoms with Crippen molar-refractivity contribution < 1.29 is 9.53 Å². The first-order chi connectivity index (χ1) is 13.0. The molecule has 2 N–H and O–H groups in total. The molecule has 1 heterocycles. The van der Waals surface area contributed by atoms with Crippen LogP contribution in [0.25, 0.3) is 0 Å². The van der Waals surface area contributed by atoms with Crippen molar-refractivity contribution in [3.05, 3.63) is 29.8 Å². The fourth-order valence-corrected chi connectivity index (χ4v) is 2.99. The molecule has 2 rings (SSSR count). The van der Waals surface area contributed by atoms with Gasteiger partial charge in [-0.2, -0.15) is 0 Å². The van der Waals surface area contributed by atoms with Crippen molar-refractivity contribution >= 4 is 41.5 Å². The van der Waals surface area contributed by atoms with Gasteiger partial charge in [0.25, 0.3) is 0 Å². The highest BCUT2D eigenvalue weighted by atomic mass is 127. The number of likely N-dealkylation sites (N-methyl/N-ethyl adjacent to an activating group) is 1. The number of carbonyl (C=O) groups excluding carboxylic acids is 1. The van der Waals surface area contributed by atoms with Crippen LogP contribution in [0.1, 0.15) is 18.4 Å². The molecule has 1 amide bonds. The number of amides is 1. The normalized spacial score (nSPS) is 16.9. The largest absolute Gasteiger partial charge is 0.383 e. The van der Waals surface area contributed by atoms with Gasteiger partial charge in [-0.05, 0) is 31.9 Å². The summed E-state index contributed by atoms with van der Waals surface area (Å²) in [5, 5.41) is 6.74. The number of anilines is 1. The summed E-state index contributed by atoms with van der Waals surface area (Å²) < 4.78 is 5.10. The van der Waals surface area contributed by atoms with E-state index in [1.165, 1.54) is 11.3 Å². The van der Waals surface area contributed by atoms with Crippen LogP contribution in [0.2, 0.25) is 0 Å². The van der Waals surface area contributed by atoms with Crippen LogP contribution in [-0.2, 0) is 9.53 Å². The second-order valence-electron chi connectivity index (χ2n) is 7.14. The van der Waals surface area contributed by atoms with Gasteiger partial charge in [-0.25, -0.2) is 4.99 Å². The Morgan fingerprint density at radius 3 is 2.68 bits per heavy atom.